The van der Waals surface area contributed by atoms with Crippen LogP contribution in [0.2, 0.25) is 5.02 Å². The molecule has 5 nitrogen and oxygen atoms in total. The predicted molar refractivity (Wildman–Crippen MR) is 94.8 cm³/mol. The maximum atomic E-state index is 11.8. The first-order chi connectivity index (χ1) is 12.0. The summed E-state index contributed by atoms with van der Waals surface area (Å²) in [6, 6.07) is 11.4. The first-order valence-electron chi connectivity index (χ1n) is 7.52. The zero-order chi connectivity index (χ0) is 18.0. The van der Waals surface area contributed by atoms with Gasteiger partial charge in [-0.1, -0.05) is 11.6 Å². The lowest BCUT2D eigenvalue weighted by Gasteiger charge is -2.11. The molecule has 0 spiro atoms. The summed E-state index contributed by atoms with van der Waals surface area (Å²) >= 11 is 5.93. The molecule has 0 aliphatic carbocycles. The number of hydrogen-bond donors (Lipinski definition) is 0. The second-order valence-electron chi connectivity index (χ2n) is 5.44. The smallest absolute Gasteiger partial charge is 0.336 e. The normalized spacial score (nSPS) is 10.7. The Balaban J connectivity index is 1.97. The highest BCUT2D eigenvalue weighted by Gasteiger charge is 2.12. The van der Waals surface area contributed by atoms with Crippen LogP contribution in [0.5, 0.6) is 11.5 Å². The highest BCUT2D eigenvalue weighted by molar-refractivity contribution is 6.31. The molecule has 1 aromatic heterocycles. The third-order valence-electron chi connectivity index (χ3n) is 3.74. The molecule has 0 N–H and O–H groups in total. The van der Waals surface area contributed by atoms with Crippen molar-refractivity contribution in [2.24, 2.45) is 0 Å². The van der Waals surface area contributed by atoms with Crippen molar-refractivity contribution < 1.29 is 18.7 Å². The second kappa shape index (κ2) is 6.99. The molecule has 0 radical (unpaired) electrons. The molecule has 128 valence electrons. The minimum atomic E-state index is -0.484. The number of Topliss-reactive ketones (excluding diaryl/α,β-unsaturated/α-hetero) is 1. The first-order valence-corrected chi connectivity index (χ1v) is 7.90. The van der Waals surface area contributed by atoms with Crippen LogP contribution >= 0.6 is 11.6 Å². The fourth-order valence-electron chi connectivity index (χ4n) is 2.52. The van der Waals surface area contributed by atoms with Crippen LogP contribution in [-0.4, -0.2) is 12.9 Å². The first kappa shape index (κ1) is 17.0. The van der Waals surface area contributed by atoms with Crippen molar-refractivity contribution in [2.75, 3.05) is 7.11 Å². The molecule has 3 rings (SSSR count). The molecule has 0 amide bonds. The summed E-state index contributed by atoms with van der Waals surface area (Å²) in [4.78, 5) is 23.5. The number of ketones is 1. The van der Waals surface area contributed by atoms with Crippen LogP contribution in [0.1, 0.15) is 22.8 Å². The van der Waals surface area contributed by atoms with Gasteiger partial charge in [-0.25, -0.2) is 4.79 Å². The summed E-state index contributed by atoms with van der Waals surface area (Å²) in [5, 5.41) is 1.19. The van der Waals surface area contributed by atoms with Crippen molar-refractivity contribution in [1.82, 2.24) is 0 Å². The van der Waals surface area contributed by atoms with Crippen molar-refractivity contribution >= 4 is 28.4 Å². The molecule has 1 heterocycles. The third-order valence-corrected chi connectivity index (χ3v) is 3.98. The lowest BCUT2D eigenvalue weighted by molar-refractivity contribution is 0.101. The van der Waals surface area contributed by atoms with Crippen LogP contribution in [0.3, 0.4) is 0 Å². The SMILES string of the molecule is COc1ccc2c(COc3ccc(Cl)cc3C(C)=O)cc(=O)oc2c1. The van der Waals surface area contributed by atoms with Crippen LogP contribution in [0, 0.1) is 0 Å². The van der Waals surface area contributed by atoms with Gasteiger partial charge < -0.3 is 13.9 Å². The zero-order valence-electron chi connectivity index (χ0n) is 13.7. The van der Waals surface area contributed by atoms with Crippen LogP contribution in [0.25, 0.3) is 11.0 Å². The zero-order valence-corrected chi connectivity index (χ0v) is 14.4. The van der Waals surface area contributed by atoms with Gasteiger partial charge in [-0.2, -0.15) is 0 Å². The number of methoxy groups -OCH3 is 1. The summed E-state index contributed by atoms with van der Waals surface area (Å²) in [5.41, 5.74) is 0.968. The van der Waals surface area contributed by atoms with Gasteiger partial charge in [0.1, 0.15) is 23.7 Å². The van der Waals surface area contributed by atoms with E-state index >= 15 is 0 Å². The van der Waals surface area contributed by atoms with Gasteiger partial charge in [0.2, 0.25) is 0 Å². The van der Waals surface area contributed by atoms with Gasteiger partial charge in [-0.05, 0) is 37.3 Å². The van der Waals surface area contributed by atoms with E-state index in [0.29, 0.717) is 33.2 Å². The van der Waals surface area contributed by atoms with Crippen molar-refractivity contribution in [3.63, 3.8) is 0 Å². The standard InChI is InChI=1S/C19H15ClO5/c1-11(21)16-8-13(20)3-6-17(16)24-10-12-7-19(22)25-18-9-14(23-2)4-5-15(12)18/h3-9H,10H2,1-2H3. The van der Waals surface area contributed by atoms with Crippen molar-refractivity contribution in [3.8, 4) is 11.5 Å². The largest absolute Gasteiger partial charge is 0.497 e. The molecule has 0 aliphatic heterocycles. The maximum Gasteiger partial charge on any atom is 0.336 e. The number of ether oxygens (including phenoxy) is 2. The van der Waals surface area contributed by atoms with E-state index in [1.807, 2.05) is 0 Å². The molecule has 0 saturated carbocycles. The summed E-state index contributed by atoms with van der Waals surface area (Å²) in [6.45, 7) is 1.55. The van der Waals surface area contributed by atoms with E-state index in [1.165, 1.54) is 20.1 Å². The molecule has 6 heteroatoms. The van der Waals surface area contributed by atoms with Gasteiger partial charge in [0.25, 0.3) is 0 Å². The summed E-state index contributed by atoms with van der Waals surface area (Å²) in [7, 11) is 1.54. The average Bonchev–Trinajstić information content (AvgIpc) is 2.59. The number of carbonyl (C=O) groups is 1. The highest BCUT2D eigenvalue weighted by Crippen LogP contribution is 2.26. The van der Waals surface area contributed by atoms with Gasteiger partial charge >= 0.3 is 5.63 Å². The number of hydrogen-bond acceptors (Lipinski definition) is 5. The third kappa shape index (κ3) is 3.67. The molecular formula is C19H15ClO5. The fraction of sp³-hybridized carbons (Fsp3) is 0.158. The van der Waals surface area contributed by atoms with Gasteiger partial charge in [-0.3, -0.25) is 4.79 Å². The number of halogens is 1. The van der Waals surface area contributed by atoms with E-state index in [0.717, 1.165) is 5.39 Å². The lowest BCUT2D eigenvalue weighted by atomic mass is 10.1. The maximum absolute atomic E-state index is 11.8. The molecule has 0 atom stereocenters. The molecule has 0 saturated heterocycles. The summed E-state index contributed by atoms with van der Waals surface area (Å²) in [6.07, 6.45) is 0. The Morgan fingerprint density at radius 2 is 1.96 bits per heavy atom. The molecule has 0 aliphatic rings. The predicted octanol–water partition coefficient (Wildman–Crippen LogP) is 4.24. The van der Waals surface area contributed by atoms with Gasteiger partial charge in [-0.15, -0.1) is 0 Å². The van der Waals surface area contributed by atoms with E-state index in [4.69, 9.17) is 25.5 Å². The summed E-state index contributed by atoms with van der Waals surface area (Å²) in [5.74, 6) is 0.844. The molecular weight excluding hydrogens is 344 g/mol. The quantitative estimate of drug-likeness (QED) is 0.504. The van der Waals surface area contributed by atoms with E-state index in [1.54, 1.807) is 36.4 Å². The fourth-order valence-corrected chi connectivity index (χ4v) is 2.69. The highest BCUT2D eigenvalue weighted by atomic mass is 35.5. The monoisotopic (exact) mass is 358 g/mol. The Hall–Kier alpha value is -2.79. The average molecular weight is 359 g/mol. The Bertz CT molecular complexity index is 1010. The second-order valence-corrected chi connectivity index (χ2v) is 5.87. The number of fused-ring (bicyclic) bond motifs is 1. The molecule has 0 fully saturated rings. The Kier molecular flexibility index (Phi) is 4.76. The molecule has 2 aromatic carbocycles. The van der Waals surface area contributed by atoms with Gasteiger partial charge in [0, 0.05) is 28.1 Å². The number of carbonyl (C=O) groups excluding carboxylic acids is 1. The van der Waals surface area contributed by atoms with E-state index in [9.17, 15) is 9.59 Å². The van der Waals surface area contributed by atoms with Crippen molar-refractivity contribution in [1.29, 1.82) is 0 Å². The minimum Gasteiger partial charge on any atom is -0.497 e. The van der Waals surface area contributed by atoms with E-state index in [2.05, 4.69) is 0 Å². The van der Waals surface area contributed by atoms with Crippen molar-refractivity contribution in [2.45, 2.75) is 13.5 Å². The number of benzene rings is 2. The Morgan fingerprint density at radius 3 is 2.68 bits per heavy atom. The molecule has 0 bridgehead atoms. The minimum absolute atomic E-state index is 0.107. The molecule has 0 unspecified atom stereocenters. The van der Waals surface area contributed by atoms with E-state index < -0.39 is 5.63 Å². The van der Waals surface area contributed by atoms with Gasteiger partial charge in [0.15, 0.2) is 5.78 Å². The van der Waals surface area contributed by atoms with Crippen molar-refractivity contribution in [3.05, 3.63) is 69.0 Å². The number of rotatable bonds is 5. The van der Waals surface area contributed by atoms with Crippen LogP contribution < -0.4 is 15.1 Å². The lowest BCUT2D eigenvalue weighted by Crippen LogP contribution is -2.06. The Morgan fingerprint density at radius 1 is 1.16 bits per heavy atom. The topological polar surface area (TPSA) is 65.7 Å². The van der Waals surface area contributed by atoms with Crippen LogP contribution in [-0.2, 0) is 6.61 Å². The molecule has 3 aromatic rings. The summed E-state index contributed by atoms with van der Waals surface area (Å²) < 4.78 is 16.1. The van der Waals surface area contributed by atoms with Gasteiger partial charge in [0.05, 0.1) is 12.7 Å². The molecule has 25 heavy (non-hydrogen) atoms. The van der Waals surface area contributed by atoms with Crippen LogP contribution in [0.15, 0.2) is 51.7 Å². The van der Waals surface area contributed by atoms with Crippen LogP contribution in [0.4, 0.5) is 0 Å². The van der Waals surface area contributed by atoms with E-state index in [-0.39, 0.29) is 12.4 Å². The Labute approximate surface area is 148 Å².